The SMILES string of the molecule is Cn1ccnc1CCOc1nc(N2CC3CCC(C2)N3)c2cnc(-c3cc(-c4cncc(CCOc5nc(N6CC7CCC(C6)N7)c6cnc(-c7cccc8cccc(Cl)c78)c(F)c6n5)c4)cc4cccc(Cl)c34)c(F)c2n1. The number of hydrogen-bond acceptors (Lipinski definition) is 14. The molecule has 4 bridgehead atoms. The van der Waals surface area contributed by atoms with Gasteiger partial charge in [-0.05, 0) is 77.9 Å². The molecule has 4 unspecified atom stereocenters. The number of halogens is 4. The molecule has 6 aromatic heterocycles. The number of aromatic nitrogens is 9. The normalized spacial score (nSPS) is 19.0. The Labute approximate surface area is 457 Å². The van der Waals surface area contributed by atoms with Crippen molar-refractivity contribution in [2.75, 3.05) is 49.2 Å². The largest absolute Gasteiger partial charge is 0.463 e. The number of aryl methyl sites for hydroxylation is 1. The van der Waals surface area contributed by atoms with Crippen LogP contribution in [0.3, 0.4) is 0 Å². The lowest BCUT2D eigenvalue weighted by Crippen LogP contribution is -2.51. The highest BCUT2D eigenvalue weighted by Crippen LogP contribution is 2.42. The molecule has 78 heavy (non-hydrogen) atoms. The van der Waals surface area contributed by atoms with Crippen LogP contribution in [0.25, 0.3) is 77.0 Å². The molecule has 392 valence electrons. The van der Waals surface area contributed by atoms with E-state index in [-0.39, 0.29) is 47.7 Å². The minimum atomic E-state index is -0.612. The Morgan fingerprint density at radius 2 is 1.14 bits per heavy atom. The van der Waals surface area contributed by atoms with Gasteiger partial charge in [0.15, 0.2) is 11.6 Å². The summed E-state index contributed by atoms with van der Waals surface area (Å²) < 4.78 is 49.3. The summed E-state index contributed by atoms with van der Waals surface area (Å²) in [5, 5.41) is 12.3. The summed E-state index contributed by atoms with van der Waals surface area (Å²) in [5.41, 5.74) is 3.94. The zero-order valence-electron chi connectivity index (χ0n) is 42.4. The van der Waals surface area contributed by atoms with Gasteiger partial charge in [-0.15, -0.1) is 0 Å². The maximum atomic E-state index is 17.7. The molecular weight excluding hydrogens is 1030 g/mol. The van der Waals surface area contributed by atoms with E-state index in [1.54, 1.807) is 43.1 Å². The van der Waals surface area contributed by atoms with Crippen LogP contribution in [0.5, 0.6) is 12.0 Å². The monoisotopic (exact) mass is 1080 g/mol. The van der Waals surface area contributed by atoms with E-state index in [2.05, 4.69) is 30.4 Å². The van der Waals surface area contributed by atoms with Crippen LogP contribution in [0.4, 0.5) is 20.4 Å². The molecule has 2 N–H and O–H groups in total. The summed E-state index contributed by atoms with van der Waals surface area (Å²) in [4.78, 5) is 42.3. The second kappa shape index (κ2) is 19.9. The number of imidazole rings is 1. The summed E-state index contributed by atoms with van der Waals surface area (Å²) >= 11 is 13.7. The van der Waals surface area contributed by atoms with Gasteiger partial charge in [-0.2, -0.15) is 19.9 Å². The number of nitrogens with zero attached hydrogens (tertiary/aromatic N) is 11. The number of nitrogens with one attached hydrogen (secondary N) is 2. The van der Waals surface area contributed by atoms with E-state index in [0.717, 1.165) is 72.1 Å². The number of benzene rings is 4. The van der Waals surface area contributed by atoms with Crippen molar-refractivity contribution in [1.29, 1.82) is 0 Å². The zero-order valence-corrected chi connectivity index (χ0v) is 43.9. The van der Waals surface area contributed by atoms with E-state index in [4.69, 9.17) is 62.6 Å². The van der Waals surface area contributed by atoms with Crippen LogP contribution in [0.1, 0.15) is 37.1 Å². The van der Waals surface area contributed by atoms with Gasteiger partial charge in [0.1, 0.15) is 39.9 Å². The van der Waals surface area contributed by atoms with Gasteiger partial charge in [-0.1, -0.05) is 65.7 Å². The maximum absolute atomic E-state index is 17.7. The molecule has 4 atom stereocenters. The van der Waals surface area contributed by atoms with Crippen LogP contribution in [0.2, 0.25) is 10.0 Å². The molecule has 0 saturated carbocycles. The summed E-state index contributed by atoms with van der Waals surface area (Å²) in [6.07, 6.45) is 15.7. The smallest absolute Gasteiger partial charge is 0.319 e. The number of ether oxygens (including phenoxy) is 2. The van der Waals surface area contributed by atoms with E-state index >= 15 is 8.78 Å². The molecule has 0 amide bonds. The molecule has 4 aliphatic heterocycles. The molecule has 0 spiro atoms. The number of hydrogen-bond donors (Lipinski definition) is 2. The van der Waals surface area contributed by atoms with Gasteiger partial charge in [-0.25, -0.2) is 13.8 Å². The summed E-state index contributed by atoms with van der Waals surface area (Å²) in [6, 6.07) is 24.2. The van der Waals surface area contributed by atoms with Crippen molar-refractivity contribution in [3.8, 4) is 45.7 Å². The number of pyridine rings is 3. The minimum Gasteiger partial charge on any atom is -0.463 e. The average molecular weight is 1080 g/mol. The number of rotatable bonds is 13. The highest BCUT2D eigenvalue weighted by Gasteiger charge is 2.36. The first kappa shape index (κ1) is 48.7. The Kier molecular flexibility index (Phi) is 12.4. The van der Waals surface area contributed by atoms with Gasteiger partial charge in [0.05, 0.1) is 24.0 Å². The molecule has 4 aromatic carbocycles. The van der Waals surface area contributed by atoms with E-state index in [1.165, 1.54) is 0 Å². The van der Waals surface area contributed by atoms with Gasteiger partial charge < -0.3 is 34.5 Å². The molecule has 15 nitrogen and oxygen atoms in total. The predicted octanol–water partition coefficient (Wildman–Crippen LogP) is 10.5. The van der Waals surface area contributed by atoms with Gasteiger partial charge in [0, 0.05) is 145 Å². The van der Waals surface area contributed by atoms with Crippen molar-refractivity contribution in [2.45, 2.75) is 62.7 Å². The third-order valence-corrected chi connectivity index (χ3v) is 16.5. The Balaban J connectivity index is 0.785. The lowest BCUT2D eigenvalue weighted by Gasteiger charge is -2.34. The van der Waals surface area contributed by atoms with Crippen LogP contribution < -0.4 is 29.9 Å². The molecule has 0 radical (unpaired) electrons. The summed E-state index contributed by atoms with van der Waals surface area (Å²) in [6.45, 7) is 3.29. The first-order valence-electron chi connectivity index (χ1n) is 26.5. The number of piperazine rings is 2. The minimum absolute atomic E-state index is 0.0565. The Bertz CT molecular complexity index is 3990. The van der Waals surface area contributed by atoms with Gasteiger partial charge in [0.2, 0.25) is 0 Å². The van der Waals surface area contributed by atoms with Crippen LogP contribution in [-0.2, 0) is 19.9 Å². The van der Waals surface area contributed by atoms with Gasteiger partial charge in [0.25, 0.3) is 0 Å². The molecule has 19 heteroatoms. The van der Waals surface area contributed by atoms with Crippen LogP contribution in [0.15, 0.2) is 110 Å². The molecule has 4 fully saturated rings. The fourth-order valence-corrected chi connectivity index (χ4v) is 12.7. The second-order valence-electron chi connectivity index (χ2n) is 20.8. The lowest BCUT2D eigenvalue weighted by molar-refractivity contribution is 0.293. The van der Waals surface area contributed by atoms with E-state index < -0.39 is 11.6 Å². The third-order valence-electron chi connectivity index (χ3n) is 15.8. The van der Waals surface area contributed by atoms with Crippen LogP contribution in [-0.4, -0.2) is 108 Å². The Morgan fingerprint density at radius 1 is 0.590 bits per heavy atom. The molecule has 0 aliphatic carbocycles. The van der Waals surface area contributed by atoms with Gasteiger partial charge in [-0.3, -0.25) is 15.0 Å². The highest BCUT2D eigenvalue weighted by molar-refractivity contribution is 6.37. The fraction of sp³-hybridized carbons (Fsp3) is 0.288. The molecule has 14 rings (SSSR count). The van der Waals surface area contributed by atoms with E-state index in [1.807, 2.05) is 78.5 Å². The van der Waals surface area contributed by atoms with Crippen LogP contribution >= 0.6 is 23.2 Å². The first-order valence-corrected chi connectivity index (χ1v) is 27.2. The van der Waals surface area contributed by atoms with Crippen molar-refractivity contribution >= 4 is 78.2 Å². The molecule has 4 aliphatic rings. The van der Waals surface area contributed by atoms with Crippen molar-refractivity contribution < 1.29 is 18.3 Å². The Morgan fingerprint density at radius 3 is 1.73 bits per heavy atom. The summed E-state index contributed by atoms with van der Waals surface area (Å²) in [7, 11) is 1.93. The molecule has 10 heterocycles. The maximum Gasteiger partial charge on any atom is 0.319 e. The standard InChI is InChI=1S/C59H51Cl2F2N13O2/c1-74-18-17-65-47(74)16-20-78-59-71-55-44(57(73-59)76-30-39-13-14-40(31-76)69-39)27-67-53(51(55)63)42-23-35(22-34-7-4-10-46(61)49(34)42)36-21-32(24-64-25-36)15-19-77-58-70-54-43(56(72-58)75-28-37-11-12-38(29-75)68-37)26-66-52(50(54)62)41-8-2-5-33-6-3-9-45(60)48(33)41/h2-10,17-18,21-27,37-40,68-69H,11-16,19-20,28-31H2,1H3. The Hall–Kier alpha value is -7.70. The van der Waals surface area contributed by atoms with Crippen molar-refractivity contribution in [3.05, 3.63) is 143 Å². The second-order valence-corrected chi connectivity index (χ2v) is 21.7. The van der Waals surface area contributed by atoms with Gasteiger partial charge >= 0.3 is 12.0 Å². The number of fused-ring (bicyclic) bond motifs is 8. The molecular formula is C59H51Cl2F2N13O2. The lowest BCUT2D eigenvalue weighted by atomic mass is 9.94. The van der Waals surface area contributed by atoms with E-state index in [9.17, 15) is 0 Å². The fourth-order valence-electron chi connectivity index (χ4n) is 12.1. The van der Waals surface area contributed by atoms with Crippen LogP contribution in [0, 0.1) is 11.6 Å². The van der Waals surface area contributed by atoms with Crippen molar-refractivity contribution in [2.24, 2.45) is 7.05 Å². The third kappa shape index (κ3) is 8.91. The molecule has 4 saturated heterocycles. The van der Waals surface area contributed by atoms with Crippen molar-refractivity contribution in [1.82, 2.24) is 55.1 Å². The molecule has 10 aromatic rings. The topological polar surface area (TPSA) is 157 Å². The quantitative estimate of drug-likeness (QED) is 0.112. The number of anilines is 2. The zero-order chi connectivity index (χ0) is 52.6. The highest BCUT2D eigenvalue weighted by atomic mass is 35.5. The predicted molar refractivity (Wildman–Crippen MR) is 300 cm³/mol. The van der Waals surface area contributed by atoms with Crippen molar-refractivity contribution in [3.63, 3.8) is 0 Å². The first-order chi connectivity index (χ1) is 38.1. The summed E-state index contributed by atoms with van der Waals surface area (Å²) in [5.74, 6) is 0.831. The average Bonchev–Trinajstić information content (AvgIpc) is 4.19. The van der Waals surface area contributed by atoms with E-state index in [0.29, 0.717) is 104 Å².